The number of hydrogen-bond acceptors (Lipinski definition) is 4. The molecule has 4 nitrogen and oxygen atoms in total. The summed E-state index contributed by atoms with van der Waals surface area (Å²) in [6.07, 6.45) is 0. The minimum absolute atomic E-state index is 0.599. The summed E-state index contributed by atoms with van der Waals surface area (Å²) >= 11 is 0. The lowest BCUT2D eigenvalue weighted by atomic mass is 10.2. The molecule has 0 saturated carbocycles. The van der Waals surface area contributed by atoms with E-state index < -0.39 is 0 Å². The van der Waals surface area contributed by atoms with E-state index in [0.29, 0.717) is 19.1 Å². The highest BCUT2D eigenvalue weighted by atomic mass is 16.5. The van der Waals surface area contributed by atoms with E-state index >= 15 is 0 Å². The molecule has 0 aromatic heterocycles. The van der Waals surface area contributed by atoms with Gasteiger partial charge in [0, 0.05) is 33.3 Å². The molecule has 0 bridgehead atoms. The highest BCUT2D eigenvalue weighted by molar-refractivity contribution is 4.59. The second-order valence-electron chi connectivity index (χ2n) is 4.09. The summed E-state index contributed by atoms with van der Waals surface area (Å²) < 4.78 is 10.4. The predicted octanol–water partition coefficient (Wildman–Crippen LogP) is 0.566. The molecule has 0 unspecified atom stereocenters. The number of hydrogen-bond donors (Lipinski definition) is 1. The van der Waals surface area contributed by atoms with Crippen molar-refractivity contribution in [2.24, 2.45) is 11.7 Å². The molecule has 0 aromatic carbocycles. The molecule has 0 amide bonds. The van der Waals surface area contributed by atoms with E-state index in [1.54, 1.807) is 7.11 Å². The summed E-state index contributed by atoms with van der Waals surface area (Å²) in [4.78, 5) is 2.37. The Bertz CT molecular complexity index is 132. The zero-order chi connectivity index (χ0) is 11.5. The van der Waals surface area contributed by atoms with Gasteiger partial charge < -0.3 is 15.2 Å². The molecule has 0 fully saturated rings. The van der Waals surface area contributed by atoms with Crippen molar-refractivity contribution in [2.45, 2.75) is 13.8 Å². The van der Waals surface area contributed by atoms with Crippen LogP contribution in [0, 0.1) is 5.92 Å². The number of nitrogens with zero attached hydrogens (tertiary/aromatic N) is 1. The highest BCUT2D eigenvalue weighted by Gasteiger charge is 2.06. The van der Waals surface area contributed by atoms with Gasteiger partial charge in [0.05, 0.1) is 19.8 Å². The number of rotatable bonds is 10. The normalized spacial score (nSPS) is 11.6. The third-order valence-electron chi connectivity index (χ3n) is 2.05. The Morgan fingerprint density at radius 1 is 1.13 bits per heavy atom. The Hall–Kier alpha value is -0.160. The molecular weight excluding hydrogens is 192 g/mol. The van der Waals surface area contributed by atoms with Crippen molar-refractivity contribution >= 4 is 0 Å². The lowest BCUT2D eigenvalue weighted by Gasteiger charge is -2.23. The standard InChI is InChI=1S/C11H26N2O2/c1-11(2)10-13(5-8-14-3)6-9-15-7-4-12/h11H,4-10,12H2,1-3H3. The maximum absolute atomic E-state index is 5.37. The zero-order valence-electron chi connectivity index (χ0n) is 10.4. The minimum Gasteiger partial charge on any atom is -0.383 e. The lowest BCUT2D eigenvalue weighted by molar-refractivity contribution is 0.0868. The zero-order valence-corrected chi connectivity index (χ0v) is 10.4. The first-order chi connectivity index (χ1) is 7.20. The average molecular weight is 218 g/mol. The van der Waals surface area contributed by atoms with E-state index in [4.69, 9.17) is 15.2 Å². The van der Waals surface area contributed by atoms with Gasteiger partial charge in [-0.2, -0.15) is 0 Å². The summed E-state index contributed by atoms with van der Waals surface area (Å²) in [5, 5.41) is 0. The summed E-state index contributed by atoms with van der Waals surface area (Å²) in [6, 6.07) is 0. The Labute approximate surface area is 93.7 Å². The van der Waals surface area contributed by atoms with Gasteiger partial charge in [-0.05, 0) is 5.92 Å². The second kappa shape index (κ2) is 10.4. The largest absolute Gasteiger partial charge is 0.383 e. The maximum atomic E-state index is 5.37. The van der Waals surface area contributed by atoms with Crippen LogP contribution in [0.25, 0.3) is 0 Å². The van der Waals surface area contributed by atoms with Gasteiger partial charge in [0.2, 0.25) is 0 Å². The van der Waals surface area contributed by atoms with Crippen LogP contribution in [0.2, 0.25) is 0 Å². The summed E-state index contributed by atoms with van der Waals surface area (Å²) in [7, 11) is 1.73. The van der Waals surface area contributed by atoms with E-state index in [0.717, 1.165) is 32.8 Å². The van der Waals surface area contributed by atoms with Crippen molar-refractivity contribution in [3.05, 3.63) is 0 Å². The molecule has 0 rings (SSSR count). The predicted molar refractivity (Wildman–Crippen MR) is 63.0 cm³/mol. The molecule has 0 aromatic rings. The number of methoxy groups -OCH3 is 1. The molecule has 0 spiro atoms. The molecule has 0 aliphatic carbocycles. The first-order valence-corrected chi connectivity index (χ1v) is 5.69. The smallest absolute Gasteiger partial charge is 0.0594 e. The molecule has 4 heteroatoms. The van der Waals surface area contributed by atoms with Crippen molar-refractivity contribution in [3.63, 3.8) is 0 Å². The summed E-state index contributed by atoms with van der Waals surface area (Å²) in [5.41, 5.74) is 5.35. The highest BCUT2D eigenvalue weighted by Crippen LogP contribution is 1.98. The van der Waals surface area contributed by atoms with Crippen LogP contribution in [0.1, 0.15) is 13.8 Å². The van der Waals surface area contributed by atoms with Gasteiger partial charge in [0.15, 0.2) is 0 Å². The third kappa shape index (κ3) is 10.1. The Morgan fingerprint density at radius 2 is 1.80 bits per heavy atom. The summed E-state index contributed by atoms with van der Waals surface area (Å²) in [6.45, 7) is 10.3. The van der Waals surface area contributed by atoms with Crippen molar-refractivity contribution in [2.75, 3.05) is 53.1 Å². The fourth-order valence-corrected chi connectivity index (χ4v) is 1.41. The van der Waals surface area contributed by atoms with E-state index in [2.05, 4.69) is 18.7 Å². The fraction of sp³-hybridized carbons (Fsp3) is 1.00. The van der Waals surface area contributed by atoms with Crippen molar-refractivity contribution in [3.8, 4) is 0 Å². The SMILES string of the molecule is COCCN(CCOCCN)CC(C)C. The Balaban J connectivity index is 3.59. The monoisotopic (exact) mass is 218 g/mol. The first kappa shape index (κ1) is 14.8. The topological polar surface area (TPSA) is 47.7 Å². The molecule has 0 atom stereocenters. The van der Waals surface area contributed by atoms with Crippen LogP contribution < -0.4 is 5.73 Å². The molecule has 0 radical (unpaired) electrons. The third-order valence-corrected chi connectivity index (χ3v) is 2.05. The van der Waals surface area contributed by atoms with Crippen LogP contribution >= 0.6 is 0 Å². The Morgan fingerprint density at radius 3 is 2.33 bits per heavy atom. The summed E-state index contributed by atoms with van der Waals surface area (Å²) in [5.74, 6) is 0.677. The van der Waals surface area contributed by atoms with Gasteiger partial charge in [-0.1, -0.05) is 13.8 Å². The van der Waals surface area contributed by atoms with E-state index in [1.807, 2.05) is 0 Å². The van der Waals surface area contributed by atoms with E-state index in [9.17, 15) is 0 Å². The molecule has 15 heavy (non-hydrogen) atoms. The van der Waals surface area contributed by atoms with E-state index in [1.165, 1.54) is 0 Å². The number of ether oxygens (including phenoxy) is 2. The minimum atomic E-state index is 0.599. The average Bonchev–Trinajstić information content (AvgIpc) is 2.19. The first-order valence-electron chi connectivity index (χ1n) is 5.69. The van der Waals surface area contributed by atoms with Gasteiger partial charge in [-0.25, -0.2) is 0 Å². The van der Waals surface area contributed by atoms with Crippen molar-refractivity contribution < 1.29 is 9.47 Å². The van der Waals surface area contributed by atoms with Crippen molar-refractivity contribution in [1.29, 1.82) is 0 Å². The maximum Gasteiger partial charge on any atom is 0.0594 e. The fourth-order valence-electron chi connectivity index (χ4n) is 1.41. The van der Waals surface area contributed by atoms with Gasteiger partial charge in [-0.15, -0.1) is 0 Å². The van der Waals surface area contributed by atoms with Crippen LogP contribution in [0.3, 0.4) is 0 Å². The van der Waals surface area contributed by atoms with Crippen LogP contribution in [0.4, 0.5) is 0 Å². The molecule has 0 aliphatic rings. The van der Waals surface area contributed by atoms with Crippen molar-refractivity contribution in [1.82, 2.24) is 4.90 Å². The number of nitrogens with two attached hydrogens (primary N) is 1. The van der Waals surface area contributed by atoms with Crippen LogP contribution in [-0.4, -0.2) is 58.0 Å². The van der Waals surface area contributed by atoms with E-state index in [-0.39, 0.29) is 0 Å². The second-order valence-corrected chi connectivity index (χ2v) is 4.09. The van der Waals surface area contributed by atoms with Gasteiger partial charge >= 0.3 is 0 Å². The lowest BCUT2D eigenvalue weighted by Crippen LogP contribution is -2.34. The molecule has 0 saturated heterocycles. The molecule has 0 aliphatic heterocycles. The van der Waals surface area contributed by atoms with Gasteiger partial charge in [0.25, 0.3) is 0 Å². The van der Waals surface area contributed by atoms with Crippen LogP contribution in [-0.2, 0) is 9.47 Å². The molecular formula is C11H26N2O2. The van der Waals surface area contributed by atoms with Gasteiger partial charge in [-0.3, -0.25) is 4.90 Å². The molecule has 2 N–H and O–H groups in total. The van der Waals surface area contributed by atoms with Gasteiger partial charge in [0.1, 0.15) is 0 Å². The quantitative estimate of drug-likeness (QED) is 0.545. The molecule has 92 valence electrons. The molecule has 0 heterocycles. The van der Waals surface area contributed by atoms with Crippen LogP contribution in [0.15, 0.2) is 0 Å². The van der Waals surface area contributed by atoms with Crippen LogP contribution in [0.5, 0.6) is 0 Å². The Kier molecular flexibility index (Phi) is 10.3.